The first-order valence-corrected chi connectivity index (χ1v) is 11.6. The summed E-state index contributed by atoms with van der Waals surface area (Å²) in [6.07, 6.45) is 1.77. The molecule has 1 fully saturated rings. The number of carbonyl (C=O) groups excluding carboxylic acids is 2. The molecule has 5 rings (SSSR count). The standard InChI is InChI=1S/C27H30NO6/c1-15(29)33-25-13-20-19-11-17(31-4)8-9-18(19)26-22(21(20)12-24(25)32-5)14-28(3)10-6-7-23(28)27(26)34-16(2)30/h8-9,11-13,23,27H,6-7,10,14H2,1-5H3/q+1/t23-,27+,28?/m0/s1. The van der Waals surface area contributed by atoms with Crippen molar-refractivity contribution in [1.29, 1.82) is 0 Å². The number of nitrogens with zero attached hydrogens (tertiary/aromatic N) is 1. The van der Waals surface area contributed by atoms with Gasteiger partial charge in [0.1, 0.15) is 18.3 Å². The normalized spacial score (nSPS) is 23.3. The smallest absolute Gasteiger partial charge is 0.308 e. The Morgan fingerprint density at radius 3 is 2.32 bits per heavy atom. The number of rotatable bonds is 4. The maximum atomic E-state index is 12.2. The van der Waals surface area contributed by atoms with Crippen molar-refractivity contribution < 1.29 is 33.0 Å². The maximum absolute atomic E-state index is 12.2. The fourth-order valence-electron chi connectivity index (χ4n) is 6.02. The summed E-state index contributed by atoms with van der Waals surface area (Å²) in [7, 11) is 5.46. The highest BCUT2D eigenvalue weighted by molar-refractivity contribution is 6.12. The van der Waals surface area contributed by atoms with Gasteiger partial charge in [0.2, 0.25) is 0 Å². The van der Waals surface area contributed by atoms with Crippen molar-refractivity contribution >= 4 is 33.5 Å². The fourth-order valence-corrected chi connectivity index (χ4v) is 6.02. The largest absolute Gasteiger partial charge is 0.497 e. The number of esters is 2. The van der Waals surface area contributed by atoms with Crippen molar-refractivity contribution in [2.45, 2.75) is 45.4 Å². The van der Waals surface area contributed by atoms with Gasteiger partial charge in [-0.05, 0) is 45.8 Å². The van der Waals surface area contributed by atoms with Crippen LogP contribution in [0.4, 0.5) is 0 Å². The number of benzene rings is 3. The predicted molar refractivity (Wildman–Crippen MR) is 128 cm³/mol. The van der Waals surface area contributed by atoms with E-state index in [4.69, 9.17) is 18.9 Å². The third kappa shape index (κ3) is 3.46. The van der Waals surface area contributed by atoms with Crippen LogP contribution in [0.1, 0.15) is 43.9 Å². The third-order valence-corrected chi connectivity index (χ3v) is 7.43. The molecule has 0 aromatic heterocycles. The Labute approximate surface area is 198 Å². The SMILES string of the molecule is COc1ccc2c3c(c4cc(OC)c(OC(C)=O)cc4c2c1)C[N+]1(C)CCC[C@H]1[C@H]3OC(C)=O. The lowest BCUT2D eigenvalue weighted by atomic mass is 9.82. The van der Waals surface area contributed by atoms with Gasteiger partial charge < -0.3 is 23.4 Å². The van der Waals surface area contributed by atoms with Gasteiger partial charge in [0.15, 0.2) is 17.6 Å². The van der Waals surface area contributed by atoms with Crippen LogP contribution in [0.15, 0.2) is 30.3 Å². The van der Waals surface area contributed by atoms with Crippen molar-refractivity contribution in [3.63, 3.8) is 0 Å². The number of fused-ring (bicyclic) bond motifs is 7. The second-order valence-electron chi connectivity index (χ2n) is 9.55. The second-order valence-corrected chi connectivity index (χ2v) is 9.55. The van der Waals surface area contributed by atoms with E-state index in [0.717, 1.165) is 68.8 Å². The summed E-state index contributed by atoms with van der Waals surface area (Å²) in [5.41, 5.74) is 2.21. The summed E-state index contributed by atoms with van der Waals surface area (Å²) in [4.78, 5) is 24.0. The first-order chi connectivity index (χ1) is 16.3. The van der Waals surface area contributed by atoms with Gasteiger partial charge in [0, 0.05) is 37.8 Å². The third-order valence-electron chi connectivity index (χ3n) is 7.43. The molecule has 0 saturated carbocycles. The van der Waals surface area contributed by atoms with Crippen molar-refractivity contribution in [2.75, 3.05) is 27.8 Å². The molecule has 3 atom stereocenters. The van der Waals surface area contributed by atoms with Crippen LogP contribution in [0, 0.1) is 0 Å². The molecule has 1 unspecified atom stereocenters. The summed E-state index contributed by atoms with van der Waals surface area (Å²) in [6, 6.07) is 10.00. The highest BCUT2D eigenvalue weighted by atomic mass is 16.6. The maximum Gasteiger partial charge on any atom is 0.308 e. The Morgan fingerprint density at radius 2 is 1.65 bits per heavy atom. The van der Waals surface area contributed by atoms with Gasteiger partial charge in [-0.2, -0.15) is 0 Å². The van der Waals surface area contributed by atoms with E-state index in [9.17, 15) is 9.59 Å². The molecule has 0 amide bonds. The highest BCUT2D eigenvalue weighted by Crippen LogP contribution is 2.50. The molecule has 3 aromatic carbocycles. The Balaban J connectivity index is 1.91. The van der Waals surface area contributed by atoms with Crippen molar-refractivity contribution in [2.24, 2.45) is 0 Å². The Hall–Kier alpha value is -3.32. The van der Waals surface area contributed by atoms with Gasteiger partial charge in [-0.1, -0.05) is 6.07 Å². The van der Waals surface area contributed by atoms with Crippen LogP contribution in [0.5, 0.6) is 17.2 Å². The highest BCUT2D eigenvalue weighted by Gasteiger charge is 2.51. The van der Waals surface area contributed by atoms with E-state index in [1.807, 2.05) is 30.3 Å². The van der Waals surface area contributed by atoms with E-state index in [2.05, 4.69) is 7.05 Å². The fraction of sp³-hybridized carbons (Fsp3) is 0.407. The minimum Gasteiger partial charge on any atom is -0.497 e. The Kier molecular flexibility index (Phi) is 5.40. The minimum absolute atomic E-state index is 0.210. The number of quaternary nitrogens is 1. The lowest BCUT2D eigenvalue weighted by Gasteiger charge is -2.45. The zero-order valence-corrected chi connectivity index (χ0v) is 20.3. The van der Waals surface area contributed by atoms with Gasteiger partial charge >= 0.3 is 11.9 Å². The van der Waals surface area contributed by atoms with Crippen LogP contribution >= 0.6 is 0 Å². The van der Waals surface area contributed by atoms with E-state index >= 15 is 0 Å². The molecule has 7 heteroatoms. The van der Waals surface area contributed by atoms with Gasteiger partial charge in [-0.25, -0.2) is 0 Å². The average molecular weight is 465 g/mol. The summed E-state index contributed by atoms with van der Waals surface area (Å²) in [6.45, 7) is 4.72. The number of hydrogen-bond donors (Lipinski definition) is 0. The van der Waals surface area contributed by atoms with Crippen LogP contribution in [0.2, 0.25) is 0 Å². The number of hydrogen-bond acceptors (Lipinski definition) is 6. The van der Waals surface area contributed by atoms with E-state index in [1.54, 1.807) is 14.2 Å². The summed E-state index contributed by atoms with van der Waals surface area (Å²) in [5, 5.41) is 3.92. The summed E-state index contributed by atoms with van der Waals surface area (Å²) < 4.78 is 23.5. The molecule has 0 N–H and O–H groups in total. The zero-order chi connectivity index (χ0) is 24.2. The molecule has 3 aromatic rings. The number of methoxy groups -OCH3 is 2. The average Bonchev–Trinajstić information content (AvgIpc) is 3.19. The molecule has 7 nitrogen and oxygen atoms in total. The van der Waals surface area contributed by atoms with Crippen LogP contribution in [-0.2, 0) is 20.9 Å². The molecule has 0 aliphatic carbocycles. The van der Waals surface area contributed by atoms with E-state index < -0.39 is 5.97 Å². The minimum atomic E-state index is -0.412. The van der Waals surface area contributed by atoms with Crippen molar-refractivity contribution in [3.05, 3.63) is 41.5 Å². The molecule has 2 heterocycles. The van der Waals surface area contributed by atoms with Gasteiger partial charge in [0.25, 0.3) is 0 Å². The Bertz CT molecular complexity index is 1330. The van der Waals surface area contributed by atoms with Gasteiger partial charge in [0.05, 0.1) is 27.8 Å². The molecule has 34 heavy (non-hydrogen) atoms. The molecule has 178 valence electrons. The number of carbonyl (C=O) groups is 2. The topological polar surface area (TPSA) is 71.1 Å². The molecule has 0 spiro atoms. The first-order valence-electron chi connectivity index (χ1n) is 11.6. The quantitative estimate of drug-likeness (QED) is 0.242. The molecule has 1 saturated heterocycles. The van der Waals surface area contributed by atoms with Crippen LogP contribution in [0.25, 0.3) is 21.5 Å². The van der Waals surface area contributed by atoms with Gasteiger partial charge in [-0.3, -0.25) is 9.59 Å². The predicted octanol–water partition coefficient (Wildman–Crippen LogP) is 4.66. The van der Waals surface area contributed by atoms with Crippen LogP contribution < -0.4 is 14.2 Å². The summed E-state index contributed by atoms with van der Waals surface area (Å²) in [5.74, 6) is 0.895. The lowest BCUT2D eigenvalue weighted by molar-refractivity contribution is -0.940. The van der Waals surface area contributed by atoms with Crippen LogP contribution in [0.3, 0.4) is 0 Å². The second kappa shape index (κ2) is 8.17. The van der Waals surface area contributed by atoms with E-state index in [-0.39, 0.29) is 18.1 Å². The van der Waals surface area contributed by atoms with Gasteiger partial charge in [-0.15, -0.1) is 0 Å². The van der Waals surface area contributed by atoms with Crippen LogP contribution in [-0.4, -0.2) is 50.3 Å². The molecule has 0 radical (unpaired) electrons. The molecular formula is C27H30NO6+. The molecule has 2 aliphatic rings. The molecule has 2 aliphatic heterocycles. The molecular weight excluding hydrogens is 434 g/mol. The van der Waals surface area contributed by atoms with E-state index in [1.165, 1.54) is 13.8 Å². The van der Waals surface area contributed by atoms with E-state index in [0.29, 0.717) is 11.5 Å². The first kappa shape index (κ1) is 22.5. The lowest BCUT2D eigenvalue weighted by Crippen LogP contribution is -2.53. The van der Waals surface area contributed by atoms with Crippen molar-refractivity contribution in [3.8, 4) is 17.2 Å². The Morgan fingerprint density at radius 1 is 0.912 bits per heavy atom. The summed E-state index contributed by atoms with van der Waals surface area (Å²) >= 11 is 0. The number of likely N-dealkylation sites (N-methyl/N-ethyl adjacent to an activating group) is 1. The number of ether oxygens (including phenoxy) is 4. The zero-order valence-electron chi connectivity index (χ0n) is 20.3. The molecule has 0 bridgehead atoms. The van der Waals surface area contributed by atoms with Crippen molar-refractivity contribution in [1.82, 2.24) is 0 Å². The monoisotopic (exact) mass is 464 g/mol.